The van der Waals surface area contributed by atoms with Gasteiger partial charge in [0.2, 0.25) is 0 Å². The lowest BCUT2D eigenvalue weighted by Crippen LogP contribution is -2.11. The van der Waals surface area contributed by atoms with Crippen molar-refractivity contribution in [3.05, 3.63) is 66.0 Å². The Kier molecular flexibility index (Phi) is 4.99. The van der Waals surface area contributed by atoms with Crippen LogP contribution < -0.4 is 15.2 Å². The van der Waals surface area contributed by atoms with E-state index in [2.05, 4.69) is 0 Å². The summed E-state index contributed by atoms with van der Waals surface area (Å²) in [6.07, 6.45) is 1.50. The molecule has 0 fully saturated rings. The summed E-state index contributed by atoms with van der Waals surface area (Å²) >= 11 is 0. The molecular weight excluding hydrogens is 346 g/mol. The van der Waals surface area contributed by atoms with E-state index in [0.29, 0.717) is 22.9 Å². The highest BCUT2D eigenvalue weighted by Crippen LogP contribution is 2.28. The molecule has 0 spiro atoms. The van der Waals surface area contributed by atoms with Crippen molar-refractivity contribution in [2.75, 3.05) is 20.0 Å². The maximum Gasteiger partial charge on any atom is 0.357 e. The molecule has 7 heteroatoms. The lowest BCUT2D eigenvalue weighted by atomic mass is 10.2. The van der Waals surface area contributed by atoms with Crippen LogP contribution in [0.4, 0.5) is 5.69 Å². The first-order valence-corrected chi connectivity index (χ1v) is 7.99. The predicted octanol–water partition coefficient (Wildman–Crippen LogP) is 3.52. The van der Waals surface area contributed by atoms with Gasteiger partial charge in [-0.25, -0.2) is 4.79 Å². The summed E-state index contributed by atoms with van der Waals surface area (Å²) < 4.78 is 17.3. The van der Waals surface area contributed by atoms with E-state index < -0.39 is 5.97 Å². The van der Waals surface area contributed by atoms with Gasteiger partial charge in [-0.2, -0.15) is 5.26 Å². The molecule has 7 nitrogen and oxygen atoms in total. The fourth-order valence-electron chi connectivity index (χ4n) is 2.59. The number of ether oxygens (including phenoxy) is 3. The Labute approximate surface area is 156 Å². The van der Waals surface area contributed by atoms with Crippen LogP contribution in [0, 0.1) is 11.3 Å². The van der Waals surface area contributed by atoms with E-state index in [0.717, 1.165) is 0 Å². The van der Waals surface area contributed by atoms with Gasteiger partial charge in [-0.3, -0.25) is 0 Å². The number of nitrogens with zero attached hydrogens (tertiary/aromatic N) is 2. The molecule has 2 N–H and O–H groups in total. The molecule has 1 heterocycles. The second kappa shape index (κ2) is 7.54. The summed E-state index contributed by atoms with van der Waals surface area (Å²) in [4.78, 5) is 12.1. The minimum absolute atomic E-state index is 0.0843. The van der Waals surface area contributed by atoms with Crippen molar-refractivity contribution in [2.45, 2.75) is 0 Å². The summed E-state index contributed by atoms with van der Waals surface area (Å²) in [6.45, 7) is 0. The number of benzene rings is 2. The Hall–Kier alpha value is -3.92. The Morgan fingerprint density at radius 3 is 2.41 bits per heavy atom. The van der Waals surface area contributed by atoms with Crippen molar-refractivity contribution in [1.29, 1.82) is 5.26 Å². The number of nitrogen functional groups attached to an aromatic ring is 1. The van der Waals surface area contributed by atoms with Crippen LogP contribution in [0.3, 0.4) is 0 Å². The number of carbonyl (C=O) groups excluding carboxylic acids is 1. The maximum atomic E-state index is 12.1. The van der Waals surface area contributed by atoms with E-state index in [1.165, 1.54) is 17.9 Å². The predicted molar refractivity (Wildman–Crippen MR) is 99.3 cm³/mol. The first kappa shape index (κ1) is 17.9. The second-order valence-electron chi connectivity index (χ2n) is 5.55. The Bertz CT molecular complexity index is 1020. The molecule has 136 valence electrons. The molecule has 1 aromatic heterocycles. The summed E-state index contributed by atoms with van der Waals surface area (Å²) in [7, 11) is 2.85. The first-order valence-electron chi connectivity index (χ1n) is 7.99. The minimum atomic E-state index is -0.620. The number of aromatic nitrogens is 1. The van der Waals surface area contributed by atoms with Crippen molar-refractivity contribution in [1.82, 2.24) is 4.57 Å². The molecule has 0 aliphatic carbocycles. The molecule has 3 rings (SSSR count). The highest BCUT2D eigenvalue weighted by molar-refractivity contribution is 5.95. The van der Waals surface area contributed by atoms with Crippen molar-refractivity contribution >= 4 is 11.7 Å². The van der Waals surface area contributed by atoms with Crippen molar-refractivity contribution in [2.24, 2.45) is 0 Å². The molecule has 0 radical (unpaired) electrons. The number of nitriles is 1. The molecule has 0 aliphatic rings. The van der Waals surface area contributed by atoms with Crippen LogP contribution in [0.2, 0.25) is 0 Å². The van der Waals surface area contributed by atoms with Crippen LogP contribution in [0.25, 0.3) is 5.69 Å². The van der Waals surface area contributed by atoms with E-state index in [-0.39, 0.29) is 16.9 Å². The lowest BCUT2D eigenvalue weighted by Gasteiger charge is -2.10. The van der Waals surface area contributed by atoms with Gasteiger partial charge >= 0.3 is 5.97 Å². The highest BCUT2D eigenvalue weighted by atomic mass is 16.5. The van der Waals surface area contributed by atoms with Gasteiger partial charge in [0.25, 0.3) is 0 Å². The summed E-state index contributed by atoms with van der Waals surface area (Å²) in [5.74, 6) is 1.31. The van der Waals surface area contributed by atoms with E-state index in [1.807, 2.05) is 24.3 Å². The third kappa shape index (κ3) is 3.55. The second-order valence-corrected chi connectivity index (χ2v) is 5.55. The zero-order chi connectivity index (χ0) is 19.4. The van der Waals surface area contributed by atoms with Crippen LogP contribution in [-0.2, 0) is 4.74 Å². The molecule has 0 bridgehead atoms. The molecular formula is C20H17N3O4. The molecule has 0 saturated heterocycles. The highest BCUT2D eigenvalue weighted by Gasteiger charge is 2.21. The van der Waals surface area contributed by atoms with Crippen LogP contribution in [0.1, 0.15) is 16.1 Å². The molecule has 0 saturated carbocycles. The summed E-state index contributed by atoms with van der Waals surface area (Å²) in [5.41, 5.74) is 6.94. The zero-order valence-electron chi connectivity index (χ0n) is 14.8. The third-order valence-corrected chi connectivity index (χ3v) is 3.94. The monoisotopic (exact) mass is 363 g/mol. The van der Waals surface area contributed by atoms with Crippen LogP contribution in [0.15, 0.2) is 54.7 Å². The van der Waals surface area contributed by atoms with Crippen molar-refractivity contribution < 1.29 is 19.0 Å². The van der Waals surface area contributed by atoms with Crippen LogP contribution in [-0.4, -0.2) is 24.8 Å². The average Bonchev–Trinajstić information content (AvgIpc) is 3.04. The number of anilines is 1. The van der Waals surface area contributed by atoms with Crippen molar-refractivity contribution in [3.63, 3.8) is 0 Å². The van der Waals surface area contributed by atoms with Gasteiger partial charge in [-0.1, -0.05) is 6.07 Å². The molecule has 27 heavy (non-hydrogen) atoms. The Morgan fingerprint density at radius 1 is 1.07 bits per heavy atom. The topological polar surface area (TPSA) is 99.5 Å². The van der Waals surface area contributed by atoms with E-state index >= 15 is 0 Å². The standard InChI is InChI=1S/C20H17N3O4/c1-25-16-4-3-5-17(10-16)27-15-8-6-14(7-9-15)23-12-13(11-21)18(22)19(23)20(24)26-2/h3-10,12H,22H2,1-2H3. The molecule has 0 aliphatic heterocycles. The van der Waals surface area contributed by atoms with E-state index in [1.54, 1.807) is 37.4 Å². The Balaban J connectivity index is 1.92. The molecule has 0 amide bonds. The van der Waals surface area contributed by atoms with Gasteiger partial charge in [0, 0.05) is 18.0 Å². The molecule has 0 atom stereocenters. The van der Waals surface area contributed by atoms with Gasteiger partial charge in [0.1, 0.15) is 23.3 Å². The summed E-state index contributed by atoms with van der Waals surface area (Å²) in [6, 6.07) is 16.2. The van der Waals surface area contributed by atoms with Gasteiger partial charge in [-0.15, -0.1) is 0 Å². The van der Waals surface area contributed by atoms with E-state index in [4.69, 9.17) is 19.9 Å². The maximum absolute atomic E-state index is 12.1. The summed E-state index contributed by atoms with van der Waals surface area (Å²) in [5, 5.41) is 9.18. The quantitative estimate of drug-likeness (QED) is 0.696. The van der Waals surface area contributed by atoms with Crippen LogP contribution in [0.5, 0.6) is 17.2 Å². The van der Waals surface area contributed by atoms with Gasteiger partial charge in [0.05, 0.1) is 25.5 Å². The number of nitrogens with two attached hydrogens (primary N) is 1. The molecule has 0 unspecified atom stereocenters. The molecule has 2 aromatic carbocycles. The van der Waals surface area contributed by atoms with Gasteiger partial charge in [-0.05, 0) is 36.4 Å². The number of methoxy groups -OCH3 is 2. The fourth-order valence-corrected chi connectivity index (χ4v) is 2.59. The van der Waals surface area contributed by atoms with Crippen LogP contribution >= 0.6 is 0 Å². The fraction of sp³-hybridized carbons (Fsp3) is 0.100. The van der Waals surface area contributed by atoms with E-state index in [9.17, 15) is 10.1 Å². The normalized spacial score (nSPS) is 10.1. The number of rotatable bonds is 5. The molecule has 3 aromatic rings. The third-order valence-electron chi connectivity index (χ3n) is 3.94. The van der Waals surface area contributed by atoms with Crippen molar-refractivity contribution in [3.8, 4) is 29.0 Å². The number of hydrogen-bond acceptors (Lipinski definition) is 6. The Morgan fingerprint density at radius 2 is 1.78 bits per heavy atom. The number of esters is 1. The average molecular weight is 363 g/mol. The van der Waals surface area contributed by atoms with Gasteiger partial charge < -0.3 is 24.5 Å². The minimum Gasteiger partial charge on any atom is -0.497 e. The number of hydrogen-bond donors (Lipinski definition) is 1. The SMILES string of the molecule is COC(=O)c1c(N)c(C#N)cn1-c1ccc(Oc2cccc(OC)c2)cc1. The zero-order valence-corrected chi connectivity index (χ0v) is 14.8. The number of carbonyl (C=O) groups is 1. The lowest BCUT2D eigenvalue weighted by molar-refractivity contribution is 0.0593. The van der Waals surface area contributed by atoms with Gasteiger partial charge in [0.15, 0.2) is 5.69 Å². The smallest absolute Gasteiger partial charge is 0.357 e. The largest absolute Gasteiger partial charge is 0.497 e. The first-order chi connectivity index (χ1) is 13.1.